The van der Waals surface area contributed by atoms with Gasteiger partial charge in [0.15, 0.2) is 0 Å². The lowest BCUT2D eigenvalue weighted by molar-refractivity contribution is -0.385. The number of anilines is 1. The first-order valence-corrected chi connectivity index (χ1v) is 9.17. The van der Waals surface area contributed by atoms with Crippen LogP contribution in [0.1, 0.15) is 50.7 Å². The molecule has 0 aliphatic heterocycles. The molecule has 0 saturated heterocycles. The minimum atomic E-state index is -0.444. The molecule has 0 radical (unpaired) electrons. The van der Waals surface area contributed by atoms with Crippen molar-refractivity contribution in [2.24, 2.45) is 0 Å². The minimum Gasteiger partial charge on any atom is -0.398 e. The second-order valence-corrected chi connectivity index (χ2v) is 7.13. The molecule has 1 heterocycles. The Balaban J connectivity index is 0.000000222. The molecule has 0 atom stereocenters. The van der Waals surface area contributed by atoms with Gasteiger partial charge in [0, 0.05) is 30.0 Å². The van der Waals surface area contributed by atoms with Crippen LogP contribution in [-0.4, -0.2) is 30.1 Å². The topological polar surface area (TPSA) is 156 Å². The van der Waals surface area contributed by atoms with Crippen molar-refractivity contribution in [2.75, 3.05) is 5.73 Å². The van der Waals surface area contributed by atoms with Crippen LogP contribution < -0.4 is 5.73 Å². The third-order valence-electron chi connectivity index (χ3n) is 4.35. The Bertz CT molecular complexity index is 1030. The standard InChI is InChI=1S/C10H11N5O2.C9H12N2O2/c1-7(2)9-4-3-8(15(16)17)5-10(9)14-6-11-12-13-14;1-6(2)8-4-3-7(11(12)13)5-9(8)10/h3-7H,1-2H3;3-6H,10H2,1-2H3. The van der Waals surface area contributed by atoms with Crippen LogP contribution >= 0.6 is 0 Å². The summed E-state index contributed by atoms with van der Waals surface area (Å²) in [4.78, 5) is 20.3. The number of non-ortho nitro benzene ring substituents is 2. The van der Waals surface area contributed by atoms with Gasteiger partial charge in [0.05, 0.1) is 15.5 Å². The van der Waals surface area contributed by atoms with Crippen molar-refractivity contribution in [3.05, 3.63) is 74.1 Å². The maximum absolute atomic E-state index is 10.7. The van der Waals surface area contributed by atoms with E-state index in [4.69, 9.17) is 5.73 Å². The summed E-state index contributed by atoms with van der Waals surface area (Å²) in [5.74, 6) is 0.524. The molecular formula is C19H23N7O4. The molecule has 3 rings (SSSR count). The summed E-state index contributed by atoms with van der Waals surface area (Å²) in [6.07, 6.45) is 1.42. The van der Waals surface area contributed by atoms with Gasteiger partial charge in [-0.25, -0.2) is 4.68 Å². The van der Waals surface area contributed by atoms with Crippen LogP contribution in [0.15, 0.2) is 42.7 Å². The Hall–Kier alpha value is -3.89. The van der Waals surface area contributed by atoms with Gasteiger partial charge in [-0.05, 0) is 45.5 Å². The number of nitrogens with zero attached hydrogens (tertiary/aromatic N) is 6. The number of rotatable bonds is 5. The molecule has 0 amide bonds. The normalized spacial score (nSPS) is 10.6. The predicted octanol–water partition coefficient (Wildman–Crippen LogP) is 3.99. The molecule has 2 N–H and O–H groups in total. The van der Waals surface area contributed by atoms with Crippen LogP contribution in [0.5, 0.6) is 0 Å². The number of aromatic nitrogens is 4. The van der Waals surface area contributed by atoms with E-state index in [9.17, 15) is 20.2 Å². The molecule has 1 aromatic heterocycles. The molecule has 2 aromatic carbocycles. The molecular weight excluding hydrogens is 390 g/mol. The Morgan fingerprint density at radius 1 is 0.900 bits per heavy atom. The Morgan fingerprint density at radius 3 is 1.87 bits per heavy atom. The molecule has 0 spiro atoms. The van der Waals surface area contributed by atoms with Gasteiger partial charge in [-0.2, -0.15) is 0 Å². The summed E-state index contributed by atoms with van der Waals surface area (Å²) in [6, 6.07) is 9.29. The average Bonchev–Trinajstić information content (AvgIpc) is 3.22. The van der Waals surface area contributed by atoms with Gasteiger partial charge in [-0.15, -0.1) is 5.10 Å². The molecule has 11 heteroatoms. The number of nitrogen functional groups attached to an aromatic ring is 1. The van der Waals surface area contributed by atoms with Crippen LogP contribution in [0.3, 0.4) is 0 Å². The number of nitro benzene ring substituents is 2. The van der Waals surface area contributed by atoms with Gasteiger partial charge >= 0.3 is 0 Å². The van der Waals surface area contributed by atoms with Gasteiger partial charge in [0.1, 0.15) is 6.33 Å². The lowest BCUT2D eigenvalue weighted by Gasteiger charge is -2.11. The van der Waals surface area contributed by atoms with Crippen molar-refractivity contribution in [1.29, 1.82) is 0 Å². The third-order valence-corrected chi connectivity index (χ3v) is 4.35. The van der Waals surface area contributed by atoms with E-state index in [-0.39, 0.29) is 17.3 Å². The van der Waals surface area contributed by atoms with Crippen molar-refractivity contribution >= 4 is 17.1 Å². The quantitative estimate of drug-likeness (QED) is 0.374. The Kier molecular flexibility index (Phi) is 7.13. The van der Waals surface area contributed by atoms with Crippen molar-refractivity contribution < 1.29 is 9.85 Å². The summed E-state index contributed by atoms with van der Waals surface area (Å²) in [6.45, 7) is 8.01. The Morgan fingerprint density at radius 2 is 1.43 bits per heavy atom. The van der Waals surface area contributed by atoms with Crippen molar-refractivity contribution in [1.82, 2.24) is 20.2 Å². The van der Waals surface area contributed by atoms with Crippen LogP contribution in [0.2, 0.25) is 0 Å². The predicted molar refractivity (Wildman–Crippen MR) is 111 cm³/mol. The first-order chi connectivity index (χ1) is 14.1. The Labute approximate surface area is 172 Å². The lowest BCUT2D eigenvalue weighted by atomic mass is 10.0. The first-order valence-electron chi connectivity index (χ1n) is 9.17. The number of hydrogen-bond acceptors (Lipinski definition) is 8. The highest BCUT2D eigenvalue weighted by Gasteiger charge is 2.15. The van der Waals surface area contributed by atoms with Gasteiger partial charge < -0.3 is 5.73 Å². The van der Waals surface area contributed by atoms with E-state index in [0.717, 1.165) is 11.1 Å². The molecule has 0 aliphatic carbocycles. The number of nitrogens with two attached hydrogens (primary N) is 1. The molecule has 0 saturated carbocycles. The highest BCUT2D eigenvalue weighted by atomic mass is 16.6. The molecule has 3 aromatic rings. The van der Waals surface area contributed by atoms with Crippen molar-refractivity contribution in [3.63, 3.8) is 0 Å². The van der Waals surface area contributed by atoms with Crippen LogP contribution in [0.25, 0.3) is 5.69 Å². The molecule has 0 bridgehead atoms. The maximum Gasteiger partial charge on any atom is 0.271 e. The smallest absolute Gasteiger partial charge is 0.271 e. The van der Waals surface area contributed by atoms with Crippen LogP contribution in [-0.2, 0) is 0 Å². The fourth-order valence-electron chi connectivity index (χ4n) is 2.81. The molecule has 158 valence electrons. The van der Waals surface area contributed by atoms with Gasteiger partial charge in [0.25, 0.3) is 11.4 Å². The summed E-state index contributed by atoms with van der Waals surface area (Å²) >= 11 is 0. The molecule has 11 nitrogen and oxygen atoms in total. The number of hydrogen-bond donors (Lipinski definition) is 1. The van der Waals surface area contributed by atoms with E-state index in [0.29, 0.717) is 17.3 Å². The van der Waals surface area contributed by atoms with Crippen LogP contribution in [0.4, 0.5) is 17.1 Å². The third kappa shape index (κ3) is 5.34. The van der Waals surface area contributed by atoms with Crippen molar-refractivity contribution in [2.45, 2.75) is 39.5 Å². The van der Waals surface area contributed by atoms with E-state index in [2.05, 4.69) is 15.5 Å². The molecule has 30 heavy (non-hydrogen) atoms. The fourth-order valence-corrected chi connectivity index (χ4v) is 2.81. The number of tetrazole rings is 1. The highest BCUT2D eigenvalue weighted by molar-refractivity contribution is 5.55. The number of nitro groups is 2. The SMILES string of the molecule is CC(C)c1ccc([N+](=O)[O-])cc1-n1cnnn1.CC(C)c1ccc([N+](=O)[O-])cc1N. The fraction of sp³-hybridized carbons (Fsp3) is 0.316. The van der Waals surface area contributed by atoms with E-state index < -0.39 is 9.85 Å². The second kappa shape index (κ2) is 9.54. The van der Waals surface area contributed by atoms with E-state index in [1.807, 2.05) is 27.7 Å². The zero-order valence-electron chi connectivity index (χ0n) is 17.1. The minimum absolute atomic E-state index is 0.0277. The van der Waals surface area contributed by atoms with Gasteiger partial charge in [-0.3, -0.25) is 20.2 Å². The summed E-state index contributed by atoms with van der Waals surface area (Å²) in [5.41, 5.74) is 8.77. The first kappa shape index (κ1) is 22.4. The summed E-state index contributed by atoms with van der Waals surface area (Å²) < 4.78 is 1.43. The lowest BCUT2D eigenvalue weighted by Crippen LogP contribution is -2.03. The van der Waals surface area contributed by atoms with E-state index in [1.54, 1.807) is 12.1 Å². The summed E-state index contributed by atoms with van der Waals surface area (Å²) in [7, 11) is 0. The molecule has 0 aliphatic rings. The van der Waals surface area contributed by atoms with E-state index >= 15 is 0 Å². The zero-order chi connectivity index (χ0) is 22.4. The van der Waals surface area contributed by atoms with Gasteiger partial charge in [0.2, 0.25) is 0 Å². The highest BCUT2D eigenvalue weighted by Crippen LogP contribution is 2.27. The second-order valence-electron chi connectivity index (χ2n) is 7.13. The van der Waals surface area contributed by atoms with Crippen LogP contribution in [0, 0.1) is 20.2 Å². The largest absolute Gasteiger partial charge is 0.398 e. The van der Waals surface area contributed by atoms with Gasteiger partial charge in [-0.1, -0.05) is 27.7 Å². The zero-order valence-corrected chi connectivity index (χ0v) is 17.1. The average molecular weight is 413 g/mol. The van der Waals surface area contributed by atoms with Crippen molar-refractivity contribution in [3.8, 4) is 5.69 Å². The molecule has 0 fully saturated rings. The monoisotopic (exact) mass is 413 g/mol. The summed E-state index contributed by atoms with van der Waals surface area (Å²) in [5, 5.41) is 32.0. The number of benzene rings is 2. The molecule has 0 unspecified atom stereocenters. The maximum atomic E-state index is 10.7. The van der Waals surface area contributed by atoms with E-state index in [1.165, 1.54) is 35.3 Å².